The molecule has 0 amide bonds. The van der Waals surface area contributed by atoms with Gasteiger partial charge in [-0.2, -0.15) is 0 Å². The van der Waals surface area contributed by atoms with Crippen LogP contribution in [0.2, 0.25) is 18.1 Å². The van der Waals surface area contributed by atoms with Crippen LogP contribution in [0, 0.1) is 11.8 Å². The molecule has 1 heterocycles. The van der Waals surface area contributed by atoms with E-state index in [2.05, 4.69) is 40.4 Å². The quantitative estimate of drug-likeness (QED) is 0.340. The van der Waals surface area contributed by atoms with E-state index in [1.807, 2.05) is 32.9 Å². The van der Waals surface area contributed by atoms with Gasteiger partial charge in [-0.05, 0) is 32.0 Å². The van der Waals surface area contributed by atoms with Gasteiger partial charge in [-0.25, -0.2) is 0 Å². The fourth-order valence-corrected chi connectivity index (χ4v) is 3.84. The van der Waals surface area contributed by atoms with Gasteiger partial charge in [0.15, 0.2) is 14.1 Å². The Morgan fingerprint density at radius 2 is 1.93 bits per heavy atom. The Morgan fingerprint density at radius 3 is 2.43 bits per heavy atom. The van der Waals surface area contributed by atoms with E-state index in [0.29, 0.717) is 6.61 Å². The van der Waals surface area contributed by atoms with Crippen LogP contribution in [0.15, 0.2) is 37.0 Å². The van der Waals surface area contributed by atoms with Crippen molar-refractivity contribution in [3.8, 4) is 0 Å². The summed E-state index contributed by atoms with van der Waals surface area (Å²) in [5, 5.41) is 9.82. The van der Waals surface area contributed by atoms with Gasteiger partial charge in [0.2, 0.25) is 0 Å². The van der Waals surface area contributed by atoms with E-state index in [1.165, 1.54) is 0 Å². The minimum Gasteiger partial charge on any atom is -0.481 e. The van der Waals surface area contributed by atoms with Gasteiger partial charge >= 0.3 is 5.97 Å². The van der Waals surface area contributed by atoms with Gasteiger partial charge in [0, 0.05) is 5.92 Å². The van der Waals surface area contributed by atoms with Crippen LogP contribution in [0.4, 0.5) is 0 Å². The standard InChI is InChI=1S/C22H38O5Si/c1-10-11-13-17(20(23)24)19-16(2)18(26-22(6,7)27-19)14-12-15-25-28(8,9)21(3,4)5/h10-14,16-19H,1,15H2,2-9H3,(H,23,24)/b13-11+,14-12+/t16-,17+,18+,19+/m0/s1. The summed E-state index contributed by atoms with van der Waals surface area (Å²) in [5.74, 6) is -2.69. The fourth-order valence-electron chi connectivity index (χ4n) is 2.89. The minimum absolute atomic E-state index is 0.132. The number of hydrogen-bond acceptors (Lipinski definition) is 4. The van der Waals surface area contributed by atoms with Gasteiger partial charge in [0.25, 0.3) is 0 Å². The molecule has 4 atom stereocenters. The predicted octanol–water partition coefficient (Wildman–Crippen LogP) is 5.16. The molecule has 160 valence electrons. The first-order chi connectivity index (χ1) is 12.7. The molecule has 1 saturated heterocycles. The van der Waals surface area contributed by atoms with Crippen molar-refractivity contribution in [3.63, 3.8) is 0 Å². The highest BCUT2D eigenvalue weighted by Gasteiger charge is 2.45. The monoisotopic (exact) mass is 410 g/mol. The van der Waals surface area contributed by atoms with Gasteiger partial charge < -0.3 is 19.0 Å². The molecule has 0 saturated carbocycles. The first-order valence-electron chi connectivity index (χ1n) is 9.90. The Labute approximate surface area is 171 Å². The van der Waals surface area contributed by atoms with E-state index in [0.717, 1.165) is 0 Å². The molecule has 0 aromatic heterocycles. The molecule has 0 radical (unpaired) electrons. The molecule has 0 aromatic carbocycles. The van der Waals surface area contributed by atoms with Crippen LogP contribution in [-0.4, -0.2) is 44.0 Å². The Morgan fingerprint density at radius 1 is 1.32 bits per heavy atom. The molecule has 1 aliphatic heterocycles. The van der Waals surface area contributed by atoms with Gasteiger partial charge in [0.05, 0.1) is 18.8 Å². The van der Waals surface area contributed by atoms with Crippen molar-refractivity contribution in [1.82, 2.24) is 0 Å². The van der Waals surface area contributed by atoms with Crippen molar-refractivity contribution in [2.24, 2.45) is 11.8 Å². The van der Waals surface area contributed by atoms with Gasteiger partial charge in [-0.15, -0.1) is 0 Å². The Bertz CT molecular complexity index is 601. The van der Waals surface area contributed by atoms with Crippen molar-refractivity contribution in [1.29, 1.82) is 0 Å². The lowest BCUT2D eigenvalue weighted by Gasteiger charge is -2.45. The Hall–Kier alpha value is -1.21. The highest BCUT2D eigenvalue weighted by Crippen LogP contribution is 2.37. The largest absolute Gasteiger partial charge is 0.481 e. The SMILES string of the molecule is C=C/C=C/[C@@H](C(=O)O)[C@@H]1OC(C)(C)O[C@H](/C=C/CO[Si](C)(C)C(C)(C)C)[C@@H]1C. The molecule has 1 aliphatic rings. The molecule has 0 aromatic rings. The highest BCUT2D eigenvalue weighted by molar-refractivity contribution is 6.74. The zero-order chi connectivity index (χ0) is 21.8. The van der Waals surface area contributed by atoms with E-state index in [4.69, 9.17) is 13.9 Å². The second kappa shape index (κ2) is 9.52. The molecule has 0 aliphatic carbocycles. The van der Waals surface area contributed by atoms with Crippen LogP contribution in [0.3, 0.4) is 0 Å². The van der Waals surface area contributed by atoms with Crippen LogP contribution in [0.1, 0.15) is 41.5 Å². The van der Waals surface area contributed by atoms with E-state index >= 15 is 0 Å². The average Bonchev–Trinajstić information content (AvgIpc) is 2.53. The topological polar surface area (TPSA) is 65.0 Å². The molecule has 1 rings (SSSR count). The maximum Gasteiger partial charge on any atom is 0.313 e. The van der Waals surface area contributed by atoms with E-state index in [-0.39, 0.29) is 17.1 Å². The first-order valence-corrected chi connectivity index (χ1v) is 12.8. The first kappa shape index (κ1) is 24.8. The number of aliphatic carboxylic acids is 1. The average molecular weight is 411 g/mol. The molecule has 1 fully saturated rings. The van der Waals surface area contributed by atoms with Gasteiger partial charge in [0.1, 0.15) is 5.92 Å². The van der Waals surface area contributed by atoms with Crippen LogP contribution < -0.4 is 0 Å². The van der Waals surface area contributed by atoms with Crippen LogP contribution >= 0.6 is 0 Å². The molecule has 28 heavy (non-hydrogen) atoms. The normalized spacial score (nSPS) is 27.2. The predicted molar refractivity (Wildman–Crippen MR) is 116 cm³/mol. The summed E-state index contributed by atoms with van der Waals surface area (Å²) in [6.45, 7) is 20.8. The van der Waals surface area contributed by atoms with Gasteiger partial charge in [-0.1, -0.05) is 64.7 Å². The van der Waals surface area contributed by atoms with Crippen LogP contribution in [0.5, 0.6) is 0 Å². The van der Waals surface area contributed by atoms with E-state index in [1.54, 1.807) is 18.2 Å². The number of carboxylic acid groups (broad SMARTS) is 1. The molecular weight excluding hydrogens is 372 g/mol. The third-order valence-electron chi connectivity index (χ3n) is 5.64. The smallest absolute Gasteiger partial charge is 0.313 e. The Balaban J connectivity index is 2.92. The Kier molecular flexibility index (Phi) is 8.44. The van der Waals surface area contributed by atoms with Crippen molar-refractivity contribution in [3.05, 3.63) is 37.0 Å². The maximum atomic E-state index is 11.8. The van der Waals surface area contributed by atoms with Crippen molar-refractivity contribution in [2.75, 3.05) is 6.61 Å². The number of carbonyl (C=O) groups is 1. The molecular formula is C22H38O5Si. The minimum atomic E-state index is -1.81. The van der Waals surface area contributed by atoms with E-state index in [9.17, 15) is 9.90 Å². The third-order valence-corrected chi connectivity index (χ3v) is 10.1. The van der Waals surface area contributed by atoms with Gasteiger partial charge in [-0.3, -0.25) is 4.79 Å². The number of rotatable bonds is 8. The molecule has 6 heteroatoms. The maximum absolute atomic E-state index is 11.8. The van der Waals surface area contributed by atoms with Crippen LogP contribution in [-0.2, 0) is 18.7 Å². The highest BCUT2D eigenvalue weighted by atomic mass is 28.4. The van der Waals surface area contributed by atoms with Crippen LogP contribution in [0.25, 0.3) is 0 Å². The summed E-state index contributed by atoms with van der Waals surface area (Å²) >= 11 is 0. The lowest BCUT2D eigenvalue weighted by molar-refractivity contribution is -0.314. The summed E-state index contributed by atoms with van der Waals surface area (Å²) in [6, 6.07) is 0. The summed E-state index contributed by atoms with van der Waals surface area (Å²) in [7, 11) is -1.81. The summed E-state index contributed by atoms with van der Waals surface area (Å²) in [5.41, 5.74) is 0. The lowest BCUT2D eigenvalue weighted by atomic mass is 9.86. The molecule has 0 bridgehead atoms. The summed E-state index contributed by atoms with van der Waals surface area (Å²) in [4.78, 5) is 11.8. The fraction of sp³-hybridized carbons (Fsp3) is 0.682. The summed E-state index contributed by atoms with van der Waals surface area (Å²) < 4.78 is 18.2. The number of ether oxygens (including phenoxy) is 2. The molecule has 0 unspecified atom stereocenters. The zero-order valence-corrected chi connectivity index (χ0v) is 19.7. The number of hydrogen-bond donors (Lipinski definition) is 1. The zero-order valence-electron chi connectivity index (χ0n) is 18.7. The van der Waals surface area contributed by atoms with E-state index < -0.39 is 32.1 Å². The lowest BCUT2D eigenvalue weighted by Crippen LogP contribution is -2.53. The van der Waals surface area contributed by atoms with Crippen molar-refractivity contribution < 1.29 is 23.8 Å². The third kappa shape index (κ3) is 6.69. The molecule has 1 N–H and O–H groups in total. The number of carboxylic acids is 1. The second-order valence-corrected chi connectivity index (χ2v) is 14.2. The number of allylic oxidation sites excluding steroid dienone is 2. The summed E-state index contributed by atoms with van der Waals surface area (Å²) in [6.07, 6.45) is 8.04. The molecule has 0 spiro atoms. The molecule has 5 nitrogen and oxygen atoms in total. The second-order valence-electron chi connectivity index (χ2n) is 9.41. The van der Waals surface area contributed by atoms with Crippen molar-refractivity contribution >= 4 is 14.3 Å². The van der Waals surface area contributed by atoms with Crippen molar-refractivity contribution in [2.45, 2.75) is 77.7 Å².